The van der Waals surface area contributed by atoms with E-state index in [9.17, 15) is 19.2 Å². The number of urea groups is 1. The highest BCUT2D eigenvalue weighted by molar-refractivity contribution is 8.03. The number of methoxy groups -OCH3 is 1. The van der Waals surface area contributed by atoms with Crippen LogP contribution in [0.5, 0.6) is 17.2 Å². The number of nitrogens with zero attached hydrogens (tertiary/aromatic N) is 2. The standard InChI is InChI=1S/C29H31N3O7S/c1-37-23-8-7-20(17-33)13-21(23)16-32-22-10-12-40-27(22)28(35)31(29(32)36)11-4-2-3-5-26(34)30-15-19-6-9-24-25(14-19)39-18-38-24/h6-10,12-14,17,22,27H,2-5,11,15-16,18H2,1H3,(H,30,34). The van der Waals surface area contributed by atoms with Gasteiger partial charge in [0.15, 0.2) is 11.5 Å². The van der Waals surface area contributed by atoms with Crippen LogP contribution in [0.15, 0.2) is 47.9 Å². The van der Waals surface area contributed by atoms with Crippen LogP contribution in [0.1, 0.15) is 47.2 Å². The van der Waals surface area contributed by atoms with Crippen LogP contribution in [-0.4, -0.2) is 65.7 Å². The Morgan fingerprint density at radius 2 is 1.98 bits per heavy atom. The molecule has 11 heteroatoms. The lowest BCUT2D eigenvalue weighted by Crippen LogP contribution is -2.61. The van der Waals surface area contributed by atoms with Crippen LogP contribution in [0.25, 0.3) is 0 Å². The van der Waals surface area contributed by atoms with Crippen LogP contribution in [0.4, 0.5) is 4.79 Å². The van der Waals surface area contributed by atoms with Crippen LogP contribution in [-0.2, 0) is 22.7 Å². The van der Waals surface area contributed by atoms with Crippen LogP contribution >= 0.6 is 11.8 Å². The molecule has 0 spiro atoms. The number of carbonyl (C=O) groups excluding carboxylic acids is 4. The monoisotopic (exact) mass is 565 g/mol. The Morgan fingerprint density at radius 3 is 2.80 bits per heavy atom. The first-order valence-electron chi connectivity index (χ1n) is 13.2. The lowest BCUT2D eigenvalue weighted by molar-refractivity contribution is -0.131. The first-order valence-corrected chi connectivity index (χ1v) is 14.1. The zero-order valence-corrected chi connectivity index (χ0v) is 23.0. The minimum atomic E-state index is -0.403. The van der Waals surface area contributed by atoms with Gasteiger partial charge in [-0.25, -0.2) is 4.79 Å². The highest BCUT2D eigenvalue weighted by Gasteiger charge is 2.47. The molecule has 4 amide bonds. The molecule has 0 aliphatic carbocycles. The predicted molar refractivity (Wildman–Crippen MR) is 148 cm³/mol. The number of hydrogen-bond donors (Lipinski definition) is 1. The maximum absolute atomic E-state index is 13.5. The molecule has 2 atom stereocenters. The van der Waals surface area contributed by atoms with Gasteiger partial charge in [0, 0.05) is 30.6 Å². The molecule has 1 fully saturated rings. The molecule has 2 aromatic rings. The van der Waals surface area contributed by atoms with Crippen molar-refractivity contribution in [2.45, 2.75) is 50.1 Å². The largest absolute Gasteiger partial charge is 0.496 e. The number of thioether (sulfide) groups is 1. The molecule has 0 saturated carbocycles. The van der Waals surface area contributed by atoms with E-state index in [1.165, 1.54) is 16.7 Å². The number of hydrogen-bond acceptors (Lipinski definition) is 8. The Kier molecular flexibility index (Phi) is 8.59. The van der Waals surface area contributed by atoms with E-state index in [1.54, 1.807) is 30.2 Å². The zero-order valence-electron chi connectivity index (χ0n) is 22.2. The Morgan fingerprint density at radius 1 is 1.12 bits per heavy atom. The molecule has 1 saturated heterocycles. The molecular formula is C29H31N3O7S. The van der Waals surface area contributed by atoms with Crippen molar-refractivity contribution in [1.29, 1.82) is 0 Å². The number of fused-ring (bicyclic) bond motifs is 2. The number of nitrogens with one attached hydrogen (secondary N) is 1. The number of amides is 4. The molecule has 0 bridgehead atoms. The first-order chi connectivity index (χ1) is 19.5. The summed E-state index contributed by atoms with van der Waals surface area (Å²) in [7, 11) is 1.54. The van der Waals surface area contributed by atoms with E-state index >= 15 is 0 Å². The number of aldehydes is 1. The van der Waals surface area contributed by atoms with E-state index in [0.717, 1.165) is 11.8 Å². The number of ether oxygens (including phenoxy) is 3. The second-order valence-corrected chi connectivity index (χ2v) is 10.8. The van der Waals surface area contributed by atoms with Gasteiger partial charge in [0.2, 0.25) is 18.6 Å². The first kappa shape index (κ1) is 27.6. The van der Waals surface area contributed by atoms with Crippen LogP contribution < -0.4 is 19.5 Å². The van der Waals surface area contributed by atoms with Crippen LogP contribution in [0, 0.1) is 0 Å². The normalized spacial score (nSPS) is 19.1. The number of unbranched alkanes of at least 4 members (excludes halogenated alkanes) is 2. The van der Waals surface area contributed by atoms with Gasteiger partial charge in [0.25, 0.3) is 0 Å². The molecule has 1 N–H and O–H groups in total. The zero-order chi connectivity index (χ0) is 28.1. The topological polar surface area (TPSA) is 114 Å². The maximum atomic E-state index is 13.5. The fourth-order valence-electron chi connectivity index (χ4n) is 5.02. The lowest BCUT2D eigenvalue weighted by Gasteiger charge is -2.41. The Balaban J connectivity index is 1.12. The third-order valence-corrected chi connectivity index (χ3v) is 8.24. The summed E-state index contributed by atoms with van der Waals surface area (Å²) in [5.41, 5.74) is 2.11. The summed E-state index contributed by atoms with van der Waals surface area (Å²) < 4.78 is 16.1. The lowest BCUT2D eigenvalue weighted by atomic mass is 10.0. The third kappa shape index (κ3) is 5.94. The van der Waals surface area contributed by atoms with Gasteiger partial charge >= 0.3 is 6.03 Å². The molecule has 3 aliphatic heterocycles. The molecule has 2 unspecified atom stereocenters. The van der Waals surface area contributed by atoms with Crippen molar-refractivity contribution in [3.05, 3.63) is 64.6 Å². The molecule has 3 heterocycles. The average Bonchev–Trinajstić information content (AvgIpc) is 3.65. The predicted octanol–water partition coefficient (Wildman–Crippen LogP) is 3.88. The Bertz CT molecular complexity index is 1330. The summed E-state index contributed by atoms with van der Waals surface area (Å²) in [6, 6.07) is 9.93. The molecule has 0 aromatic heterocycles. The highest BCUT2D eigenvalue weighted by Crippen LogP contribution is 2.36. The van der Waals surface area contributed by atoms with Gasteiger partial charge < -0.3 is 24.4 Å². The van der Waals surface area contributed by atoms with E-state index in [-0.39, 0.29) is 43.8 Å². The van der Waals surface area contributed by atoms with Gasteiger partial charge in [-0.3, -0.25) is 19.3 Å². The van der Waals surface area contributed by atoms with Crippen LogP contribution in [0.3, 0.4) is 0 Å². The molecule has 5 rings (SSSR count). The molecule has 40 heavy (non-hydrogen) atoms. The average molecular weight is 566 g/mol. The number of rotatable bonds is 12. The summed E-state index contributed by atoms with van der Waals surface area (Å²) in [5.74, 6) is 1.70. The van der Waals surface area contributed by atoms with Crippen molar-refractivity contribution in [3.63, 3.8) is 0 Å². The highest BCUT2D eigenvalue weighted by atomic mass is 32.2. The minimum Gasteiger partial charge on any atom is -0.496 e. The summed E-state index contributed by atoms with van der Waals surface area (Å²) in [4.78, 5) is 53.3. The van der Waals surface area contributed by atoms with Gasteiger partial charge in [0.05, 0.1) is 19.7 Å². The summed E-state index contributed by atoms with van der Waals surface area (Å²) in [5, 5.41) is 4.37. The van der Waals surface area contributed by atoms with Crippen molar-refractivity contribution in [1.82, 2.24) is 15.1 Å². The summed E-state index contributed by atoms with van der Waals surface area (Å²) in [6.07, 6.45) is 4.92. The smallest absolute Gasteiger partial charge is 0.327 e. The second kappa shape index (κ2) is 12.5. The SMILES string of the molecule is COc1ccc(C=O)cc1CN1C(=O)N(CCCCCC(=O)NCc2ccc3c(c2)OCO3)C(=O)C2SC=CC21. The minimum absolute atomic E-state index is 0.0586. The number of carbonyl (C=O) groups is 4. The summed E-state index contributed by atoms with van der Waals surface area (Å²) in [6.45, 7) is 1.10. The van der Waals surface area contributed by atoms with Crippen molar-refractivity contribution >= 4 is 35.9 Å². The molecule has 0 radical (unpaired) electrons. The Hall–Kier alpha value is -3.99. The van der Waals surface area contributed by atoms with Crippen molar-refractivity contribution in [2.75, 3.05) is 20.4 Å². The van der Waals surface area contributed by atoms with Gasteiger partial charge in [-0.2, -0.15) is 0 Å². The van der Waals surface area contributed by atoms with Gasteiger partial charge in [-0.15, -0.1) is 11.8 Å². The molecule has 3 aliphatic rings. The molecule has 2 aromatic carbocycles. The molecule has 10 nitrogen and oxygen atoms in total. The maximum Gasteiger partial charge on any atom is 0.327 e. The second-order valence-electron chi connectivity index (χ2n) is 9.74. The van der Waals surface area contributed by atoms with E-state index in [4.69, 9.17) is 14.2 Å². The van der Waals surface area contributed by atoms with Gasteiger partial charge in [-0.05, 0) is 54.1 Å². The number of imide groups is 1. The van der Waals surface area contributed by atoms with Crippen LogP contribution in [0.2, 0.25) is 0 Å². The quantitative estimate of drug-likeness (QED) is 0.305. The van der Waals surface area contributed by atoms with Gasteiger partial charge in [0.1, 0.15) is 17.3 Å². The van der Waals surface area contributed by atoms with Crippen molar-refractivity contribution in [3.8, 4) is 17.2 Å². The van der Waals surface area contributed by atoms with E-state index in [0.29, 0.717) is 60.6 Å². The fraction of sp³-hybridized carbons (Fsp3) is 0.379. The molecule has 210 valence electrons. The third-order valence-electron chi connectivity index (χ3n) is 7.15. The van der Waals surface area contributed by atoms with E-state index < -0.39 is 5.25 Å². The van der Waals surface area contributed by atoms with E-state index in [1.807, 2.05) is 29.7 Å². The summed E-state index contributed by atoms with van der Waals surface area (Å²) >= 11 is 1.41. The van der Waals surface area contributed by atoms with E-state index in [2.05, 4.69) is 5.32 Å². The van der Waals surface area contributed by atoms with Crippen molar-refractivity contribution in [2.24, 2.45) is 0 Å². The van der Waals surface area contributed by atoms with Crippen molar-refractivity contribution < 1.29 is 33.4 Å². The Labute approximate surface area is 236 Å². The van der Waals surface area contributed by atoms with Gasteiger partial charge in [-0.1, -0.05) is 18.6 Å². The fourth-order valence-corrected chi connectivity index (χ4v) is 6.09. The number of benzene rings is 2. The molecular weight excluding hydrogens is 534 g/mol.